The molecular weight excluding hydrogens is 278 g/mol. The first-order valence-corrected chi connectivity index (χ1v) is 7.23. The molecule has 0 heterocycles. The van der Waals surface area contributed by atoms with Crippen LogP contribution in [0.5, 0.6) is 0 Å². The number of rotatable bonds is 3. The standard InChI is InChI=1S/C11H14ClNO4S/c1-11(2,3)18(16,17)7-8-6-9(13(14)15)4-5-10(8)12/h4-6H,7H2,1-3H3. The molecule has 0 saturated heterocycles. The zero-order valence-electron chi connectivity index (χ0n) is 10.3. The van der Waals surface area contributed by atoms with Crippen molar-refractivity contribution in [2.45, 2.75) is 31.3 Å². The lowest BCUT2D eigenvalue weighted by molar-refractivity contribution is -0.384. The fraction of sp³-hybridized carbons (Fsp3) is 0.455. The molecule has 1 aromatic rings. The second-order valence-corrected chi connectivity index (χ2v) is 8.05. The average Bonchev–Trinajstić information content (AvgIpc) is 2.18. The van der Waals surface area contributed by atoms with Crippen molar-refractivity contribution in [2.24, 2.45) is 0 Å². The van der Waals surface area contributed by atoms with E-state index in [4.69, 9.17) is 11.6 Å². The van der Waals surface area contributed by atoms with Crippen LogP contribution in [0.1, 0.15) is 26.3 Å². The Bertz CT molecular complexity index is 575. The van der Waals surface area contributed by atoms with E-state index in [1.807, 2.05) is 0 Å². The van der Waals surface area contributed by atoms with Crippen molar-refractivity contribution in [1.29, 1.82) is 0 Å². The average molecular weight is 292 g/mol. The summed E-state index contributed by atoms with van der Waals surface area (Å²) in [4.78, 5) is 10.1. The lowest BCUT2D eigenvalue weighted by Gasteiger charge is -2.19. The summed E-state index contributed by atoms with van der Waals surface area (Å²) in [5.41, 5.74) is 0.0827. The van der Waals surface area contributed by atoms with E-state index in [0.29, 0.717) is 0 Å². The SMILES string of the molecule is CC(C)(C)S(=O)(=O)Cc1cc([N+](=O)[O-])ccc1Cl. The van der Waals surface area contributed by atoms with E-state index in [9.17, 15) is 18.5 Å². The molecule has 0 atom stereocenters. The highest BCUT2D eigenvalue weighted by molar-refractivity contribution is 7.91. The topological polar surface area (TPSA) is 77.3 Å². The fourth-order valence-electron chi connectivity index (χ4n) is 1.21. The van der Waals surface area contributed by atoms with Crippen molar-refractivity contribution < 1.29 is 13.3 Å². The van der Waals surface area contributed by atoms with Gasteiger partial charge >= 0.3 is 0 Å². The van der Waals surface area contributed by atoms with Gasteiger partial charge in [0.2, 0.25) is 0 Å². The lowest BCUT2D eigenvalue weighted by atomic mass is 10.2. The van der Waals surface area contributed by atoms with Crippen LogP contribution >= 0.6 is 11.6 Å². The van der Waals surface area contributed by atoms with Crippen molar-refractivity contribution >= 4 is 27.1 Å². The van der Waals surface area contributed by atoms with Crippen LogP contribution in [0, 0.1) is 10.1 Å². The van der Waals surface area contributed by atoms with E-state index in [1.165, 1.54) is 18.2 Å². The number of halogens is 1. The summed E-state index contributed by atoms with van der Waals surface area (Å²) in [5, 5.41) is 10.9. The van der Waals surface area contributed by atoms with E-state index in [2.05, 4.69) is 0 Å². The van der Waals surface area contributed by atoms with Crippen LogP contribution in [0.25, 0.3) is 0 Å². The summed E-state index contributed by atoms with van der Waals surface area (Å²) in [7, 11) is -3.42. The number of sulfone groups is 1. The number of non-ortho nitro benzene ring substituents is 1. The second-order valence-electron chi connectivity index (χ2n) is 4.90. The minimum absolute atomic E-state index is 0.168. The Balaban J connectivity index is 3.20. The molecule has 0 radical (unpaired) electrons. The predicted octanol–water partition coefficient (Wildman–Crippen LogP) is 2.96. The molecule has 0 amide bonds. The van der Waals surface area contributed by atoms with Gasteiger partial charge in [-0.15, -0.1) is 0 Å². The van der Waals surface area contributed by atoms with E-state index in [1.54, 1.807) is 20.8 Å². The Morgan fingerprint density at radius 1 is 1.33 bits per heavy atom. The van der Waals surface area contributed by atoms with Crippen LogP contribution in [0.3, 0.4) is 0 Å². The van der Waals surface area contributed by atoms with E-state index in [0.717, 1.165) is 0 Å². The van der Waals surface area contributed by atoms with Crippen LogP contribution < -0.4 is 0 Å². The molecule has 0 unspecified atom stereocenters. The van der Waals surface area contributed by atoms with Crippen molar-refractivity contribution in [2.75, 3.05) is 0 Å². The Morgan fingerprint density at radius 2 is 1.89 bits per heavy atom. The molecule has 0 aliphatic rings. The maximum atomic E-state index is 12.0. The van der Waals surface area contributed by atoms with Gasteiger partial charge in [-0.2, -0.15) is 0 Å². The highest BCUT2D eigenvalue weighted by Crippen LogP contribution is 2.27. The highest BCUT2D eigenvalue weighted by atomic mass is 35.5. The van der Waals surface area contributed by atoms with Gasteiger partial charge in [0.25, 0.3) is 5.69 Å². The fourth-order valence-corrected chi connectivity index (χ4v) is 2.55. The largest absolute Gasteiger partial charge is 0.269 e. The predicted molar refractivity (Wildman–Crippen MR) is 70.5 cm³/mol. The monoisotopic (exact) mass is 291 g/mol. The van der Waals surface area contributed by atoms with Gasteiger partial charge in [0.15, 0.2) is 9.84 Å². The smallest absolute Gasteiger partial charge is 0.258 e. The molecule has 0 aromatic heterocycles. The molecule has 18 heavy (non-hydrogen) atoms. The van der Waals surface area contributed by atoms with Gasteiger partial charge in [-0.3, -0.25) is 10.1 Å². The second kappa shape index (κ2) is 4.85. The first-order valence-electron chi connectivity index (χ1n) is 5.20. The summed E-state index contributed by atoms with van der Waals surface area (Å²) >= 11 is 5.87. The van der Waals surface area contributed by atoms with Gasteiger partial charge in [0.05, 0.1) is 15.4 Å². The Kier molecular flexibility index (Phi) is 4.02. The third-order valence-electron chi connectivity index (χ3n) is 2.52. The number of hydrogen-bond acceptors (Lipinski definition) is 4. The van der Waals surface area contributed by atoms with Gasteiger partial charge in [0.1, 0.15) is 0 Å². The molecule has 0 N–H and O–H groups in total. The lowest BCUT2D eigenvalue weighted by Crippen LogP contribution is -2.29. The van der Waals surface area contributed by atoms with Gasteiger partial charge in [0, 0.05) is 17.2 Å². The van der Waals surface area contributed by atoms with Gasteiger partial charge < -0.3 is 0 Å². The van der Waals surface area contributed by atoms with Crippen molar-refractivity contribution in [1.82, 2.24) is 0 Å². The zero-order chi connectivity index (χ0) is 14.1. The van der Waals surface area contributed by atoms with Gasteiger partial charge in [-0.1, -0.05) is 11.6 Å². The quantitative estimate of drug-likeness (QED) is 0.633. The Labute approximate surface area is 111 Å². The number of benzene rings is 1. The van der Waals surface area contributed by atoms with E-state index < -0.39 is 19.5 Å². The molecule has 100 valence electrons. The summed E-state index contributed by atoms with van der Waals surface area (Å²) in [6.45, 7) is 4.73. The first kappa shape index (κ1) is 14.9. The normalized spacial score (nSPS) is 12.4. The summed E-state index contributed by atoms with van der Waals surface area (Å²) in [5.74, 6) is -0.309. The number of nitro groups is 1. The maximum Gasteiger partial charge on any atom is 0.269 e. The van der Waals surface area contributed by atoms with Gasteiger partial charge in [-0.05, 0) is 32.4 Å². The summed E-state index contributed by atoms with van der Waals surface area (Å²) in [6.07, 6.45) is 0. The van der Waals surface area contributed by atoms with Gasteiger partial charge in [-0.25, -0.2) is 8.42 Å². The number of nitro benzene ring substituents is 1. The molecule has 0 spiro atoms. The van der Waals surface area contributed by atoms with Crippen molar-refractivity contribution in [3.63, 3.8) is 0 Å². The summed E-state index contributed by atoms with van der Waals surface area (Å²) < 4.78 is 23.1. The molecule has 1 aromatic carbocycles. The zero-order valence-corrected chi connectivity index (χ0v) is 11.9. The molecule has 0 bridgehead atoms. The first-order chi connectivity index (χ1) is 8.04. The molecule has 5 nitrogen and oxygen atoms in total. The minimum Gasteiger partial charge on any atom is -0.258 e. The maximum absolute atomic E-state index is 12.0. The van der Waals surface area contributed by atoms with Crippen molar-refractivity contribution in [3.8, 4) is 0 Å². The van der Waals surface area contributed by atoms with Crippen LogP contribution in [-0.2, 0) is 15.6 Å². The molecule has 0 aliphatic carbocycles. The van der Waals surface area contributed by atoms with E-state index >= 15 is 0 Å². The summed E-state index contributed by atoms with van der Waals surface area (Å²) in [6, 6.07) is 3.79. The molecule has 0 saturated carbocycles. The molecule has 7 heteroatoms. The highest BCUT2D eigenvalue weighted by Gasteiger charge is 2.30. The Morgan fingerprint density at radius 3 is 2.33 bits per heavy atom. The molecule has 0 aliphatic heterocycles. The van der Waals surface area contributed by atoms with Crippen LogP contribution in [0.4, 0.5) is 5.69 Å². The number of hydrogen-bond donors (Lipinski definition) is 0. The minimum atomic E-state index is -3.42. The third kappa shape index (κ3) is 3.20. The van der Waals surface area contributed by atoms with E-state index in [-0.39, 0.29) is 22.0 Å². The van der Waals surface area contributed by atoms with Crippen molar-refractivity contribution in [3.05, 3.63) is 38.9 Å². The van der Waals surface area contributed by atoms with Crippen LogP contribution in [0.15, 0.2) is 18.2 Å². The van der Waals surface area contributed by atoms with Crippen LogP contribution in [-0.4, -0.2) is 18.1 Å². The molecular formula is C11H14ClNO4S. The third-order valence-corrected chi connectivity index (χ3v) is 5.44. The number of nitrogens with zero attached hydrogens (tertiary/aromatic N) is 1. The molecule has 0 fully saturated rings. The van der Waals surface area contributed by atoms with Crippen LogP contribution in [0.2, 0.25) is 5.02 Å². The molecule has 1 rings (SSSR count). The Hall–Kier alpha value is -1.14.